The smallest absolute Gasteiger partial charge is 0 e. The van der Waals surface area contributed by atoms with Crippen molar-refractivity contribution in [3.63, 3.8) is 0 Å². The summed E-state index contributed by atoms with van der Waals surface area (Å²) >= 11 is 0. The van der Waals surface area contributed by atoms with Crippen molar-refractivity contribution < 1.29 is 81.9 Å². The third-order valence-electron chi connectivity index (χ3n) is 0. The number of hydrogen-bond donors (Lipinski definition) is 0. The van der Waals surface area contributed by atoms with Crippen molar-refractivity contribution in [1.82, 2.24) is 0 Å². The molecule has 5 heteroatoms. The van der Waals surface area contributed by atoms with Crippen LogP contribution in [0.5, 0.6) is 0 Å². The van der Waals surface area contributed by atoms with Gasteiger partial charge in [-0.05, 0) is 0 Å². The summed E-state index contributed by atoms with van der Waals surface area (Å²) in [6, 6.07) is 0. The van der Waals surface area contributed by atoms with Crippen molar-refractivity contribution in [3.05, 3.63) is 0 Å². The average Bonchev–Trinajstić information content (AvgIpc) is 0. The largest absolute Gasteiger partial charge is 1.00 e. The van der Waals surface area contributed by atoms with E-state index in [1.807, 2.05) is 0 Å². The summed E-state index contributed by atoms with van der Waals surface area (Å²) in [5, 5.41) is 0. The van der Waals surface area contributed by atoms with Gasteiger partial charge in [0.1, 0.15) is 0 Å². The maximum Gasteiger partial charge on any atom is 0 e. The second-order valence-electron chi connectivity index (χ2n) is 0. The molecule has 0 aromatic carbocycles. The summed E-state index contributed by atoms with van der Waals surface area (Å²) in [7, 11) is 0. The van der Waals surface area contributed by atoms with Crippen LogP contribution < -0.4 is 81.9 Å². The minimum absolute atomic E-state index is 0. The van der Waals surface area contributed by atoms with E-state index in [9.17, 15) is 0 Å². The second kappa shape index (κ2) is 26.4. The molecule has 4 radical (unpaired) electrons. The molecule has 0 atom stereocenters. The van der Waals surface area contributed by atoms with Gasteiger partial charge >= 0.3 is 0 Å². The Morgan fingerprint density at radius 2 is 0.600 bits per heavy atom. The molecule has 0 N–H and O–H groups in total. The monoisotopic (exact) mass is 620 g/mol. The van der Waals surface area contributed by atoms with Crippen molar-refractivity contribution in [2.24, 2.45) is 0 Å². The Hall–Kier alpha value is 3.34. The molecule has 0 heterocycles. The summed E-state index contributed by atoms with van der Waals surface area (Å²) in [4.78, 5) is 0. The first-order valence-electron chi connectivity index (χ1n) is 0. The van der Waals surface area contributed by atoms with Crippen molar-refractivity contribution in [3.8, 4) is 0 Å². The van der Waals surface area contributed by atoms with Gasteiger partial charge in [0.15, 0.2) is 0 Å². The Balaban J connectivity index is 0. The van der Waals surface area contributed by atoms with Crippen molar-refractivity contribution in [2.45, 2.75) is 0 Å². The molecule has 5 heavy (non-hydrogen) atoms. The van der Waals surface area contributed by atoms with Gasteiger partial charge in [-0.1, -0.05) is 0 Å². The van der Waals surface area contributed by atoms with E-state index in [2.05, 4.69) is 0 Å². The maximum absolute atomic E-state index is 0. The van der Waals surface area contributed by atoms with Crippen molar-refractivity contribution in [2.75, 3.05) is 0 Å². The molecule has 0 aliphatic heterocycles. The number of hydrogen-bond acceptors (Lipinski definition) is 0. The van der Waals surface area contributed by atoms with E-state index in [-0.39, 0.29) is 109 Å². The molecule has 0 aliphatic rings. The molecule has 0 saturated heterocycles. The maximum atomic E-state index is 0. The zero-order valence-electron chi connectivity index (χ0n) is 2.01. The Kier molecular flexibility index (Phi) is 213. The van der Waals surface area contributed by atoms with Crippen molar-refractivity contribution >= 4 is 27.3 Å². The summed E-state index contributed by atoms with van der Waals surface area (Å²) in [5.41, 5.74) is 0. The third-order valence-corrected chi connectivity index (χ3v) is 0. The molecule has 0 unspecified atom stereocenters. The molecule has 0 rings (SSSR count). The minimum atomic E-state index is 0. The molecule has 0 aromatic heterocycles. The van der Waals surface area contributed by atoms with Gasteiger partial charge in [0, 0.05) is 27.3 Å². The third kappa shape index (κ3) is 18.8. The van der Waals surface area contributed by atoms with Gasteiger partial charge < -0.3 is 81.9 Å². The average molecular weight is 621 g/mol. The summed E-state index contributed by atoms with van der Waals surface area (Å²) in [5.74, 6) is 0. The van der Waals surface area contributed by atoms with Gasteiger partial charge in [0.05, 0.1) is 0 Å². The molecule has 0 saturated carbocycles. The van der Waals surface area contributed by atoms with Crippen LogP contribution in [0, 0.1) is 0 Å². The van der Waals surface area contributed by atoms with Crippen LogP contribution in [0.4, 0.5) is 0 Å². The Morgan fingerprint density at radius 1 is 0.600 bits per heavy atom. The molecule has 0 aliphatic carbocycles. The first kappa shape index (κ1) is 40.3. The van der Waals surface area contributed by atoms with E-state index in [1.165, 1.54) is 0 Å². The normalized spacial score (nSPS) is 0. The molecular weight excluding hydrogens is 621 g/mol. The van der Waals surface area contributed by atoms with E-state index >= 15 is 0 Å². The van der Waals surface area contributed by atoms with E-state index in [1.54, 1.807) is 0 Å². The Bertz CT molecular complexity index is 7.61. The van der Waals surface area contributed by atoms with Gasteiger partial charge in [-0.25, -0.2) is 0 Å². The van der Waals surface area contributed by atoms with Crippen LogP contribution in [-0.2, 0) is 0 Å². The van der Waals surface area contributed by atoms with Crippen LogP contribution in [-0.4, -0.2) is 27.3 Å². The van der Waals surface area contributed by atoms with Gasteiger partial charge in [0.25, 0.3) is 0 Å². The summed E-state index contributed by atoms with van der Waals surface area (Å²) in [6.07, 6.45) is 0. The molecule has 0 amide bonds. The SMILES string of the molecule is [Br-].[Br-].[I-].[I-].[Pb]. The molecule has 0 bridgehead atoms. The van der Waals surface area contributed by atoms with Crippen LogP contribution in [0.15, 0.2) is 0 Å². The molecular formula is Br2I2Pb-4. The van der Waals surface area contributed by atoms with Gasteiger partial charge in [-0.3, -0.25) is 0 Å². The summed E-state index contributed by atoms with van der Waals surface area (Å²) < 4.78 is 0. The van der Waals surface area contributed by atoms with E-state index in [0.29, 0.717) is 0 Å². The van der Waals surface area contributed by atoms with E-state index < -0.39 is 0 Å². The topological polar surface area (TPSA) is 0 Å². The fraction of sp³-hybridized carbons (Fsp3) is 0. The molecule has 0 nitrogen and oxygen atoms in total. The molecule has 0 fully saturated rings. The van der Waals surface area contributed by atoms with Crippen LogP contribution in [0.1, 0.15) is 0 Å². The van der Waals surface area contributed by atoms with Crippen molar-refractivity contribution in [1.29, 1.82) is 0 Å². The molecule has 36 valence electrons. The van der Waals surface area contributed by atoms with Crippen LogP contribution in [0.2, 0.25) is 0 Å². The van der Waals surface area contributed by atoms with Crippen LogP contribution >= 0.6 is 0 Å². The van der Waals surface area contributed by atoms with Gasteiger partial charge in [0.2, 0.25) is 0 Å². The van der Waals surface area contributed by atoms with Gasteiger partial charge in [-0.2, -0.15) is 0 Å². The predicted octanol–water partition coefficient (Wildman–Crippen LogP) is -12.4. The second-order valence-corrected chi connectivity index (χ2v) is 0. The quantitative estimate of drug-likeness (QED) is 0.187. The zero-order chi connectivity index (χ0) is 0. The fourth-order valence-corrected chi connectivity index (χ4v) is 0. The Morgan fingerprint density at radius 3 is 0.600 bits per heavy atom. The first-order chi connectivity index (χ1) is 0. The van der Waals surface area contributed by atoms with E-state index in [0.717, 1.165) is 0 Å². The Labute approximate surface area is 107 Å². The summed E-state index contributed by atoms with van der Waals surface area (Å²) in [6.45, 7) is 0. The van der Waals surface area contributed by atoms with Crippen LogP contribution in [0.25, 0.3) is 0 Å². The van der Waals surface area contributed by atoms with Crippen LogP contribution in [0.3, 0.4) is 0 Å². The molecule has 0 aromatic rings. The van der Waals surface area contributed by atoms with Gasteiger partial charge in [-0.15, -0.1) is 0 Å². The first-order valence-corrected chi connectivity index (χ1v) is 0. The fourth-order valence-electron chi connectivity index (χ4n) is 0. The van der Waals surface area contributed by atoms with E-state index in [4.69, 9.17) is 0 Å². The zero-order valence-corrected chi connectivity index (χ0v) is 13.4. The number of rotatable bonds is 0. The minimum Gasteiger partial charge on any atom is -1.00 e. The standard InChI is InChI=1S/2BrH.2HI.Pb/h4*1H;/p-4. The molecule has 0 spiro atoms. The predicted molar refractivity (Wildman–Crippen MR) is 5.75 cm³/mol. The number of halogens is 4.